The summed E-state index contributed by atoms with van der Waals surface area (Å²) in [5.41, 5.74) is -0.761. The smallest absolute Gasteiger partial charge is 0.263 e. The van der Waals surface area contributed by atoms with Gasteiger partial charge in [-0.2, -0.15) is 5.06 Å². The molecule has 0 spiro atoms. The van der Waals surface area contributed by atoms with Crippen LogP contribution in [0.5, 0.6) is 11.6 Å². The SMILES string of the molecule is CON(C)C.COc1nc(Cl)cc2c1C1(O)CCC(c3ccccc3)C1(c1ccc(C(F)F)cc1)O2. The summed E-state index contributed by atoms with van der Waals surface area (Å²) in [5, 5.41) is 14.0. The van der Waals surface area contributed by atoms with Gasteiger partial charge in [-0.05, 0) is 24.0 Å². The van der Waals surface area contributed by atoms with Crippen molar-refractivity contribution in [2.24, 2.45) is 0 Å². The van der Waals surface area contributed by atoms with E-state index in [9.17, 15) is 13.9 Å². The Bertz CT molecular complexity index is 1200. The Labute approximate surface area is 214 Å². The number of halogens is 3. The molecule has 36 heavy (non-hydrogen) atoms. The minimum atomic E-state index is -2.58. The molecule has 0 saturated heterocycles. The van der Waals surface area contributed by atoms with E-state index in [1.807, 2.05) is 44.4 Å². The quantitative estimate of drug-likeness (QED) is 0.338. The fourth-order valence-corrected chi connectivity index (χ4v) is 5.39. The molecule has 5 rings (SSSR count). The summed E-state index contributed by atoms with van der Waals surface area (Å²) < 4.78 is 38.4. The zero-order chi connectivity index (χ0) is 26.1. The van der Waals surface area contributed by atoms with Crippen molar-refractivity contribution in [1.82, 2.24) is 10.0 Å². The van der Waals surface area contributed by atoms with Crippen LogP contribution in [-0.2, 0) is 16.0 Å². The normalized spacial score (nSPS) is 24.1. The van der Waals surface area contributed by atoms with E-state index in [4.69, 9.17) is 21.1 Å². The summed E-state index contributed by atoms with van der Waals surface area (Å²) in [6.45, 7) is 0. The molecule has 1 aromatic heterocycles. The summed E-state index contributed by atoms with van der Waals surface area (Å²) in [5.74, 6) is 0.356. The molecule has 2 aromatic carbocycles. The van der Waals surface area contributed by atoms with Crippen LogP contribution in [0.1, 0.15) is 47.4 Å². The van der Waals surface area contributed by atoms with E-state index in [0.717, 1.165) is 5.56 Å². The zero-order valence-corrected chi connectivity index (χ0v) is 21.3. The molecular weight excluding hydrogens is 490 g/mol. The number of hydrogen-bond acceptors (Lipinski definition) is 6. The number of methoxy groups -OCH3 is 1. The molecule has 9 heteroatoms. The Morgan fingerprint density at radius 3 is 2.31 bits per heavy atom. The lowest BCUT2D eigenvalue weighted by atomic mass is 9.72. The Morgan fingerprint density at radius 2 is 1.75 bits per heavy atom. The number of aromatic nitrogens is 1. The molecule has 1 aliphatic heterocycles. The average molecular weight is 519 g/mol. The molecule has 0 bridgehead atoms. The molecule has 1 saturated carbocycles. The molecule has 3 atom stereocenters. The maximum absolute atomic E-state index is 13.2. The second-order valence-corrected chi connectivity index (χ2v) is 9.33. The van der Waals surface area contributed by atoms with Crippen molar-refractivity contribution in [2.75, 3.05) is 28.3 Å². The summed E-state index contributed by atoms with van der Waals surface area (Å²) in [7, 11) is 6.75. The number of hydrogen-bond donors (Lipinski definition) is 1. The topological polar surface area (TPSA) is 64.1 Å². The first-order valence-electron chi connectivity index (χ1n) is 11.5. The Morgan fingerprint density at radius 1 is 1.11 bits per heavy atom. The number of hydroxylamine groups is 2. The van der Waals surface area contributed by atoms with E-state index in [1.165, 1.54) is 19.2 Å². The van der Waals surface area contributed by atoms with Crippen molar-refractivity contribution >= 4 is 11.6 Å². The number of rotatable bonds is 5. The number of aliphatic hydroxyl groups is 1. The number of benzene rings is 2. The summed E-state index contributed by atoms with van der Waals surface area (Å²) in [6.07, 6.45) is -1.57. The van der Waals surface area contributed by atoms with Gasteiger partial charge in [-0.15, -0.1) is 0 Å². The molecular formula is C27H29ClF2N2O4. The van der Waals surface area contributed by atoms with E-state index in [1.54, 1.807) is 30.4 Å². The minimum absolute atomic E-state index is 0.0873. The second kappa shape index (κ2) is 10.3. The first kappa shape index (κ1) is 26.3. The van der Waals surface area contributed by atoms with Crippen LogP contribution >= 0.6 is 11.6 Å². The third-order valence-electron chi connectivity index (χ3n) is 6.86. The van der Waals surface area contributed by atoms with Crippen molar-refractivity contribution in [1.29, 1.82) is 0 Å². The van der Waals surface area contributed by atoms with E-state index < -0.39 is 17.6 Å². The molecule has 2 heterocycles. The fraction of sp³-hybridized carbons (Fsp3) is 0.370. The van der Waals surface area contributed by atoms with Crippen molar-refractivity contribution in [2.45, 2.75) is 36.4 Å². The van der Waals surface area contributed by atoms with Gasteiger partial charge in [0.1, 0.15) is 16.5 Å². The standard InChI is InChI=1S/C24H20ClF2NO3.C3H9NO/c1-30-22-20-18(13-19(25)28-22)31-24(16-9-7-15(8-10-16)21(26)27)17(11-12-23(20,24)29)14-5-3-2-4-6-14;1-4(2)5-3/h2-10,13,17,21,29H,11-12H2,1H3;1-3H3. The van der Waals surface area contributed by atoms with Crippen molar-refractivity contribution in [3.05, 3.63) is 88.1 Å². The van der Waals surface area contributed by atoms with Gasteiger partial charge in [0, 0.05) is 31.6 Å². The molecule has 6 nitrogen and oxygen atoms in total. The van der Waals surface area contributed by atoms with Gasteiger partial charge < -0.3 is 19.4 Å². The van der Waals surface area contributed by atoms with Gasteiger partial charge in [0.25, 0.3) is 6.43 Å². The van der Waals surface area contributed by atoms with Crippen LogP contribution in [-0.4, -0.2) is 43.5 Å². The van der Waals surface area contributed by atoms with Gasteiger partial charge >= 0.3 is 0 Å². The number of fused-ring (bicyclic) bond motifs is 3. The van der Waals surface area contributed by atoms with Gasteiger partial charge in [0.2, 0.25) is 5.88 Å². The first-order chi connectivity index (χ1) is 17.2. The number of pyridine rings is 1. The predicted molar refractivity (Wildman–Crippen MR) is 133 cm³/mol. The molecule has 192 valence electrons. The number of nitrogens with zero attached hydrogens (tertiary/aromatic N) is 2. The zero-order valence-electron chi connectivity index (χ0n) is 20.5. The van der Waals surface area contributed by atoms with Gasteiger partial charge in [0.15, 0.2) is 5.60 Å². The van der Waals surface area contributed by atoms with E-state index in [-0.39, 0.29) is 22.5 Å². The third-order valence-corrected chi connectivity index (χ3v) is 7.05. The van der Waals surface area contributed by atoms with E-state index in [0.29, 0.717) is 29.7 Å². The van der Waals surface area contributed by atoms with Crippen LogP contribution in [0, 0.1) is 0 Å². The van der Waals surface area contributed by atoms with Crippen molar-refractivity contribution in [3.63, 3.8) is 0 Å². The molecule has 0 amide bonds. The fourth-order valence-electron chi connectivity index (χ4n) is 5.21. The van der Waals surface area contributed by atoms with Crippen LogP contribution in [0.3, 0.4) is 0 Å². The summed E-state index contributed by atoms with van der Waals surface area (Å²) in [6, 6.07) is 17.3. The maximum atomic E-state index is 13.2. The van der Waals surface area contributed by atoms with Gasteiger partial charge in [-0.1, -0.05) is 66.2 Å². The lowest BCUT2D eigenvalue weighted by Crippen LogP contribution is -2.48. The van der Waals surface area contributed by atoms with Crippen LogP contribution in [0.4, 0.5) is 8.78 Å². The van der Waals surface area contributed by atoms with Crippen LogP contribution in [0.2, 0.25) is 5.15 Å². The second-order valence-electron chi connectivity index (χ2n) is 8.94. The van der Waals surface area contributed by atoms with E-state index >= 15 is 0 Å². The molecule has 3 unspecified atom stereocenters. The van der Waals surface area contributed by atoms with Gasteiger partial charge in [-0.3, -0.25) is 0 Å². The highest BCUT2D eigenvalue weighted by atomic mass is 35.5. The Hall–Kier alpha value is -2.78. The van der Waals surface area contributed by atoms with Crippen LogP contribution < -0.4 is 9.47 Å². The predicted octanol–water partition coefficient (Wildman–Crippen LogP) is 5.84. The molecule has 0 radical (unpaired) electrons. The van der Waals surface area contributed by atoms with Crippen LogP contribution in [0.15, 0.2) is 60.7 Å². The highest BCUT2D eigenvalue weighted by molar-refractivity contribution is 6.29. The van der Waals surface area contributed by atoms with Crippen molar-refractivity contribution in [3.8, 4) is 11.6 Å². The maximum Gasteiger partial charge on any atom is 0.263 e. The number of alkyl halides is 2. The summed E-state index contributed by atoms with van der Waals surface area (Å²) in [4.78, 5) is 8.82. The molecule has 2 aliphatic rings. The minimum Gasteiger partial charge on any atom is -0.481 e. The Kier molecular flexibility index (Phi) is 7.52. The molecule has 1 aliphatic carbocycles. The van der Waals surface area contributed by atoms with Crippen molar-refractivity contribution < 1.29 is 28.2 Å². The third kappa shape index (κ3) is 4.32. The monoisotopic (exact) mass is 518 g/mol. The lowest BCUT2D eigenvalue weighted by Gasteiger charge is -2.40. The van der Waals surface area contributed by atoms with E-state index in [2.05, 4.69) is 9.82 Å². The molecule has 3 aromatic rings. The highest BCUT2D eigenvalue weighted by Gasteiger charge is 2.69. The average Bonchev–Trinajstić information content (AvgIpc) is 3.31. The van der Waals surface area contributed by atoms with Gasteiger partial charge in [-0.25, -0.2) is 13.8 Å². The molecule has 1 fully saturated rings. The number of ether oxygens (including phenoxy) is 2. The largest absolute Gasteiger partial charge is 0.481 e. The van der Waals surface area contributed by atoms with Crippen LogP contribution in [0.25, 0.3) is 0 Å². The van der Waals surface area contributed by atoms with Gasteiger partial charge in [0.05, 0.1) is 19.8 Å². The summed E-state index contributed by atoms with van der Waals surface area (Å²) >= 11 is 6.17. The Balaban J connectivity index is 0.000000556. The first-order valence-corrected chi connectivity index (χ1v) is 11.9. The highest BCUT2D eigenvalue weighted by Crippen LogP contribution is 2.68. The lowest BCUT2D eigenvalue weighted by molar-refractivity contribution is -0.106. The molecule has 1 N–H and O–H groups in total.